The van der Waals surface area contributed by atoms with Crippen molar-refractivity contribution in [3.63, 3.8) is 0 Å². The van der Waals surface area contributed by atoms with Crippen LogP contribution >= 0.6 is 0 Å². The molecular weight excluding hydrogens is 296 g/mol. The quantitative estimate of drug-likeness (QED) is 0.293. The van der Waals surface area contributed by atoms with Crippen LogP contribution in [0.25, 0.3) is 0 Å². The minimum Gasteiger partial charge on any atom is -0.380 e. The highest BCUT2D eigenvalue weighted by atomic mass is 16.5. The zero-order valence-corrected chi connectivity index (χ0v) is 17.0. The maximum absolute atomic E-state index is 5.26. The molecule has 2 nitrogen and oxygen atoms in total. The molecule has 0 amide bonds. The van der Waals surface area contributed by atoms with Crippen LogP contribution in [-0.2, 0) is 9.47 Å². The summed E-state index contributed by atoms with van der Waals surface area (Å²) in [5.74, 6) is 0. The van der Waals surface area contributed by atoms with E-state index in [0.29, 0.717) is 0 Å². The van der Waals surface area contributed by atoms with Gasteiger partial charge in [-0.1, -0.05) is 34.9 Å². The normalized spacial score (nSPS) is 12.2. The average molecular weight is 337 g/mol. The molecule has 0 fully saturated rings. The lowest BCUT2D eigenvalue weighted by atomic mass is 10.0. The van der Waals surface area contributed by atoms with Crippen LogP contribution in [0.3, 0.4) is 0 Å². The number of unbranched alkanes of at least 4 members (excludes halogenated alkanes) is 1. The molecule has 0 saturated carbocycles. The van der Waals surface area contributed by atoms with Crippen molar-refractivity contribution in [2.75, 3.05) is 20.8 Å². The lowest BCUT2D eigenvalue weighted by molar-refractivity contribution is 0.123. The third kappa shape index (κ3) is 18.9. The van der Waals surface area contributed by atoms with E-state index in [-0.39, 0.29) is 6.10 Å². The van der Waals surface area contributed by atoms with Crippen LogP contribution in [0.5, 0.6) is 0 Å². The molecule has 0 spiro atoms. The lowest BCUT2D eigenvalue weighted by Gasteiger charge is -2.14. The number of hydrogen-bond donors (Lipinski definition) is 0. The molecule has 1 atom stereocenters. The van der Waals surface area contributed by atoms with E-state index in [1.807, 2.05) is 6.92 Å². The van der Waals surface area contributed by atoms with Gasteiger partial charge in [-0.05, 0) is 66.2 Å². The van der Waals surface area contributed by atoms with Gasteiger partial charge in [-0.3, -0.25) is 0 Å². The maximum atomic E-state index is 5.26. The Morgan fingerprint density at radius 1 is 0.917 bits per heavy atom. The van der Waals surface area contributed by atoms with Crippen molar-refractivity contribution in [2.24, 2.45) is 0 Å². The Bertz CT molecular complexity index is 391. The summed E-state index contributed by atoms with van der Waals surface area (Å²) in [6.07, 6.45) is 9.23. The SMILES string of the molecule is C=C(C)CCC/C=C(\C)COC.C=C(C)CCCC(OC)C(=C)C. The summed E-state index contributed by atoms with van der Waals surface area (Å²) in [5.41, 5.74) is 4.94. The van der Waals surface area contributed by atoms with E-state index >= 15 is 0 Å². The highest BCUT2D eigenvalue weighted by Gasteiger charge is 2.06. The molecule has 0 radical (unpaired) electrons. The van der Waals surface area contributed by atoms with Crippen LogP contribution in [0, 0.1) is 0 Å². The van der Waals surface area contributed by atoms with E-state index in [0.717, 1.165) is 44.3 Å². The van der Waals surface area contributed by atoms with Gasteiger partial charge in [0.05, 0.1) is 12.7 Å². The topological polar surface area (TPSA) is 18.5 Å². The Hall–Kier alpha value is -1.12. The Balaban J connectivity index is 0. The highest BCUT2D eigenvalue weighted by molar-refractivity contribution is 4.99. The van der Waals surface area contributed by atoms with E-state index in [9.17, 15) is 0 Å². The first-order chi connectivity index (χ1) is 11.2. The number of allylic oxidation sites excluding steroid dienone is 3. The van der Waals surface area contributed by atoms with Crippen molar-refractivity contribution in [1.82, 2.24) is 0 Å². The minimum absolute atomic E-state index is 0.226. The van der Waals surface area contributed by atoms with Crippen LogP contribution in [0.2, 0.25) is 0 Å². The van der Waals surface area contributed by atoms with Crippen molar-refractivity contribution < 1.29 is 9.47 Å². The summed E-state index contributed by atoms with van der Waals surface area (Å²) in [4.78, 5) is 0. The van der Waals surface area contributed by atoms with Crippen LogP contribution < -0.4 is 0 Å². The molecule has 0 aliphatic carbocycles. The van der Waals surface area contributed by atoms with E-state index in [4.69, 9.17) is 9.47 Å². The van der Waals surface area contributed by atoms with Gasteiger partial charge in [-0.25, -0.2) is 0 Å². The molecule has 0 aromatic heterocycles. The van der Waals surface area contributed by atoms with Gasteiger partial charge in [-0.15, -0.1) is 13.2 Å². The molecule has 2 heteroatoms. The molecule has 24 heavy (non-hydrogen) atoms. The first kappa shape index (κ1) is 25.1. The van der Waals surface area contributed by atoms with Crippen molar-refractivity contribution >= 4 is 0 Å². The number of hydrogen-bond acceptors (Lipinski definition) is 2. The Morgan fingerprint density at radius 3 is 1.88 bits per heavy atom. The minimum atomic E-state index is 0.226. The van der Waals surface area contributed by atoms with Gasteiger partial charge in [0, 0.05) is 14.2 Å². The van der Waals surface area contributed by atoms with Crippen molar-refractivity contribution in [2.45, 2.75) is 72.3 Å². The van der Waals surface area contributed by atoms with Crippen LogP contribution in [-0.4, -0.2) is 26.9 Å². The fraction of sp³-hybridized carbons (Fsp3) is 0.636. The molecule has 0 N–H and O–H groups in total. The summed E-state index contributed by atoms with van der Waals surface area (Å²) in [6, 6.07) is 0. The molecule has 0 heterocycles. The number of rotatable bonds is 12. The first-order valence-electron chi connectivity index (χ1n) is 8.86. The summed E-state index contributed by atoms with van der Waals surface area (Å²) in [5, 5.41) is 0. The first-order valence-corrected chi connectivity index (χ1v) is 8.86. The second-order valence-corrected chi connectivity index (χ2v) is 6.75. The van der Waals surface area contributed by atoms with Crippen molar-refractivity contribution in [3.05, 3.63) is 48.1 Å². The van der Waals surface area contributed by atoms with Crippen LogP contribution in [0.4, 0.5) is 0 Å². The van der Waals surface area contributed by atoms with Gasteiger partial charge >= 0.3 is 0 Å². The molecule has 0 rings (SSSR count). The second-order valence-electron chi connectivity index (χ2n) is 6.75. The summed E-state index contributed by atoms with van der Waals surface area (Å²) in [7, 11) is 3.46. The van der Waals surface area contributed by atoms with Gasteiger partial charge in [0.1, 0.15) is 0 Å². The van der Waals surface area contributed by atoms with Gasteiger partial charge in [0.2, 0.25) is 0 Å². The maximum Gasteiger partial charge on any atom is 0.0776 e. The van der Waals surface area contributed by atoms with E-state index < -0.39 is 0 Å². The third-order valence-corrected chi connectivity index (χ3v) is 3.58. The summed E-state index contributed by atoms with van der Waals surface area (Å²) in [6.45, 7) is 20.6. The average Bonchev–Trinajstić information content (AvgIpc) is 2.48. The predicted molar refractivity (Wildman–Crippen MR) is 109 cm³/mol. The molecule has 0 saturated heterocycles. The molecule has 0 aromatic rings. The molecule has 0 aliphatic rings. The molecule has 140 valence electrons. The van der Waals surface area contributed by atoms with Gasteiger partial charge in [0.25, 0.3) is 0 Å². The summed E-state index contributed by atoms with van der Waals surface area (Å²) >= 11 is 0. The second kappa shape index (κ2) is 16.7. The summed E-state index contributed by atoms with van der Waals surface area (Å²) < 4.78 is 10.3. The van der Waals surface area contributed by atoms with Gasteiger partial charge < -0.3 is 9.47 Å². The van der Waals surface area contributed by atoms with E-state index in [1.54, 1.807) is 14.2 Å². The molecule has 0 aliphatic heterocycles. The molecule has 0 bridgehead atoms. The van der Waals surface area contributed by atoms with Crippen molar-refractivity contribution in [1.29, 1.82) is 0 Å². The third-order valence-electron chi connectivity index (χ3n) is 3.58. The zero-order chi connectivity index (χ0) is 19.0. The number of ether oxygens (including phenoxy) is 2. The van der Waals surface area contributed by atoms with Crippen LogP contribution in [0.15, 0.2) is 48.1 Å². The lowest BCUT2D eigenvalue weighted by Crippen LogP contribution is -2.10. The van der Waals surface area contributed by atoms with Gasteiger partial charge in [0.15, 0.2) is 0 Å². The molecule has 1 unspecified atom stereocenters. The largest absolute Gasteiger partial charge is 0.380 e. The Kier molecular flexibility index (Phi) is 17.5. The van der Waals surface area contributed by atoms with Crippen molar-refractivity contribution in [3.8, 4) is 0 Å². The Labute approximate surface area is 151 Å². The van der Waals surface area contributed by atoms with Crippen LogP contribution in [0.1, 0.15) is 66.2 Å². The predicted octanol–water partition coefficient (Wildman–Crippen LogP) is 6.65. The smallest absolute Gasteiger partial charge is 0.0776 e. The Morgan fingerprint density at radius 2 is 1.46 bits per heavy atom. The fourth-order valence-corrected chi connectivity index (χ4v) is 2.19. The zero-order valence-electron chi connectivity index (χ0n) is 17.0. The van der Waals surface area contributed by atoms with E-state index in [2.05, 4.69) is 46.6 Å². The molecular formula is C22H40O2. The highest BCUT2D eigenvalue weighted by Crippen LogP contribution is 2.13. The fourth-order valence-electron chi connectivity index (χ4n) is 2.19. The number of methoxy groups -OCH3 is 2. The standard InChI is InChI=1S/2C11H20O/c1-9(2)7-6-8-11(12-5)10(3)4;1-10(2)7-5-6-8-11(3)9-12-4/h11H,1,3,6-8H2,2,4-5H3;8H,1,5-7,9H2,2-4H3/b;11-8+. The van der Waals surface area contributed by atoms with Gasteiger partial charge in [-0.2, -0.15) is 0 Å². The molecule has 0 aromatic carbocycles. The monoisotopic (exact) mass is 336 g/mol. The van der Waals surface area contributed by atoms with E-state index in [1.165, 1.54) is 23.1 Å².